The molecule has 0 saturated carbocycles. The normalized spacial score (nSPS) is 12.1. The van der Waals surface area contributed by atoms with Crippen LogP contribution in [0.4, 0.5) is 0 Å². The molecule has 10 aromatic rings. The van der Waals surface area contributed by atoms with E-state index >= 15 is 0 Å². The predicted octanol–water partition coefficient (Wildman–Crippen LogP) is 11.3. The van der Waals surface area contributed by atoms with E-state index < -0.39 is 0 Å². The van der Waals surface area contributed by atoms with Crippen LogP contribution in [0.15, 0.2) is 158 Å². The number of benzene rings is 8. The van der Waals surface area contributed by atoms with E-state index in [0.717, 1.165) is 0 Å². The Hall–Kier alpha value is -5.86. The molecule has 0 aliphatic heterocycles. The number of aromatic nitrogens is 2. The molecule has 10 rings (SSSR count). The second kappa shape index (κ2) is 8.82. The lowest BCUT2D eigenvalue weighted by molar-refractivity contribution is 1.19. The van der Waals surface area contributed by atoms with Gasteiger partial charge in [0.2, 0.25) is 0 Å². The second-order valence-electron chi connectivity index (χ2n) is 11.7. The van der Waals surface area contributed by atoms with Gasteiger partial charge in [-0.05, 0) is 40.4 Å². The van der Waals surface area contributed by atoms with Crippen molar-refractivity contribution in [1.29, 1.82) is 0 Å². The number of hydrogen-bond donors (Lipinski definition) is 0. The van der Waals surface area contributed by atoms with Crippen LogP contribution in [0, 0.1) is 0 Å². The first-order valence-electron chi connectivity index (χ1n) is 15.2. The van der Waals surface area contributed by atoms with Crippen molar-refractivity contribution < 1.29 is 0 Å². The maximum atomic E-state index is 2.53. The van der Waals surface area contributed by atoms with E-state index in [4.69, 9.17) is 0 Å². The molecule has 0 spiro atoms. The maximum absolute atomic E-state index is 2.53. The molecule has 204 valence electrons. The van der Waals surface area contributed by atoms with E-state index in [2.05, 4.69) is 167 Å². The number of nitrogens with zero attached hydrogens (tertiary/aromatic N) is 2. The molecule has 0 aliphatic carbocycles. The van der Waals surface area contributed by atoms with Crippen LogP contribution < -0.4 is 0 Å². The highest BCUT2D eigenvalue weighted by atomic mass is 15.0. The Morgan fingerprint density at radius 3 is 1.73 bits per heavy atom. The van der Waals surface area contributed by atoms with Crippen molar-refractivity contribution in [3.8, 4) is 11.4 Å². The van der Waals surface area contributed by atoms with Crippen LogP contribution in [0.3, 0.4) is 0 Å². The van der Waals surface area contributed by atoms with Gasteiger partial charge in [-0.15, -0.1) is 0 Å². The standard InChI is InChI=1S/C42H26N2/c1-2-16-29(17-3-1)43-40-31-19-7-5-14-28(31)25-26-35(40)38-32-20-8-9-21-33(32)41-39(42(38)43)34-22-10-11-23-37(34)44(41)36-24-12-15-27-13-4-6-18-30(27)36/h1-26H. The molecule has 8 aromatic carbocycles. The van der Waals surface area contributed by atoms with Crippen LogP contribution in [-0.2, 0) is 0 Å². The highest BCUT2D eigenvalue weighted by Gasteiger charge is 2.25. The van der Waals surface area contributed by atoms with Gasteiger partial charge < -0.3 is 9.13 Å². The zero-order valence-corrected chi connectivity index (χ0v) is 23.9. The van der Waals surface area contributed by atoms with Crippen LogP contribution in [0.5, 0.6) is 0 Å². The zero-order chi connectivity index (χ0) is 28.8. The molecule has 0 aliphatic rings. The van der Waals surface area contributed by atoms with Gasteiger partial charge in [-0.25, -0.2) is 0 Å². The minimum atomic E-state index is 1.17. The third-order valence-electron chi connectivity index (χ3n) is 9.44. The third kappa shape index (κ3) is 3.04. The molecule has 0 bridgehead atoms. The molecule has 0 N–H and O–H groups in total. The molecule has 2 heteroatoms. The first kappa shape index (κ1) is 23.7. The smallest absolute Gasteiger partial charge is 0.0648 e. The summed E-state index contributed by atoms with van der Waals surface area (Å²) in [5.41, 5.74) is 7.34. The van der Waals surface area contributed by atoms with Gasteiger partial charge in [-0.1, -0.05) is 133 Å². The quantitative estimate of drug-likeness (QED) is 0.200. The van der Waals surface area contributed by atoms with Gasteiger partial charge in [0.15, 0.2) is 0 Å². The average molecular weight is 559 g/mol. The average Bonchev–Trinajstić information content (AvgIpc) is 3.63. The summed E-state index contributed by atoms with van der Waals surface area (Å²) in [6, 6.07) is 57.6. The Labute approximate surface area is 253 Å². The van der Waals surface area contributed by atoms with E-state index in [1.165, 1.54) is 87.3 Å². The minimum absolute atomic E-state index is 1.17. The number of para-hydroxylation sites is 2. The molecular formula is C42H26N2. The zero-order valence-electron chi connectivity index (χ0n) is 23.9. The summed E-state index contributed by atoms with van der Waals surface area (Å²) in [6.07, 6.45) is 0. The van der Waals surface area contributed by atoms with Crippen molar-refractivity contribution in [2.45, 2.75) is 0 Å². The van der Waals surface area contributed by atoms with Crippen molar-refractivity contribution in [3.05, 3.63) is 158 Å². The van der Waals surface area contributed by atoms with E-state index in [1.807, 2.05) is 0 Å². The van der Waals surface area contributed by atoms with Crippen molar-refractivity contribution in [2.24, 2.45) is 0 Å². The van der Waals surface area contributed by atoms with E-state index in [0.29, 0.717) is 0 Å². The topological polar surface area (TPSA) is 9.86 Å². The molecule has 44 heavy (non-hydrogen) atoms. The molecule has 0 amide bonds. The summed E-state index contributed by atoms with van der Waals surface area (Å²) >= 11 is 0. The molecule has 2 heterocycles. The predicted molar refractivity (Wildman–Crippen MR) is 188 cm³/mol. The first-order chi connectivity index (χ1) is 21.9. The molecule has 0 fully saturated rings. The van der Waals surface area contributed by atoms with Gasteiger partial charge in [0.25, 0.3) is 0 Å². The van der Waals surface area contributed by atoms with Gasteiger partial charge in [-0.3, -0.25) is 0 Å². The Kier molecular flexibility index (Phi) is 4.75. The Morgan fingerprint density at radius 1 is 0.295 bits per heavy atom. The highest BCUT2D eigenvalue weighted by Crippen LogP contribution is 2.48. The molecule has 0 radical (unpaired) electrons. The molecule has 0 atom stereocenters. The Balaban J connectivity index is 1.57. The van der Waals surface area contributed by atoms with Gasteiger partial charge in [0.1, 0.15) is 0 Å². The summed E-state index contributed by atoms with van der Waals surface area (Å²) in [5.74, 6) is 0. The Bertz CT molecular complexity index is 2760. The second-order valence-corrected chi connectivity index (χ2v) is 11.7. The van der Waals surface area contributed by atoms with E-state index in [1.54, 1.807) is 0 Å². The fourth-order valence-corrected chi connectivity index (χ4v) is 7.69. The lowest BCUT2D eigenvalue weighted by Gasteiger charge is -2.14. The van der Waals surface area contributed by atoms with Crippen LogP contribution in [-0.4, -0.2) is 9.13 Å². The summed E-state index contributed by atoms with van der Waals surface area (Å²) in [5, 5.41) is 12.7. The maximum Gasteiger partial charge on any atom is 0.0648 e. The van der Waals surface area contributed by atoms with E-state index in [-0.39, 0.29) is 0 Å². The van der Waals surface area contributed by atoms with Crippen molar-refractivity contribution in [1.82, 2.24) is 9.13 Å². The van der Waals surface area contributed by atoms with Gasteiger partial charge in [-0.2, -0.15) is 0 Å². The van der Waals surface area contributed by atoms with Crippen LogP contribution in [0.25, 0.3) is 87.3 Å². The van der Waals surface area contributed by atoms with Crippen molar-refractivity contribution in [2.75, 3.05) is 0 Å². The number of fused-ring (bicyclic) bond motifs is 13. The third-order valence-corrected chi connectivity index (χ3v) is 9.44. The highest BCUT2D eigenvalue weighted by molar-refractivity contribution is 6.38. The van der Waals surface area contributed by atoms with Crippen LogP contribution >= 0.6 is 0 Å². The molecule has 0 unspecified atom stereocenters. The van der Waals surface area contributed by atoms with Crippen molar-refractivity contribution in [3.63, 3.8) is 0 Å². The number of rotatable bonds is 2. The minimum Gasteiger partial charge on any atom is -0.308 e. The number of hydrogen-bond acceptors (Lipinski definition) is 0. The largest absolute Gasteiger partial charge is 0.308 e. The van der Waals surface area contributed by atoms with Crippen molar-refractivity contribution >= 4 is 75.9 Å². The van der Waals surface area contributed by atoms with Gasteiger partial charge in [0.05, 0.1) is 27.8 Å². The SMILES string of the molecule is c1ccc(-n2c3c4ccccc4ccc3c3c4ccccc4c4c(c5ccccc5n4-c4cccc5ccccc45)c32)cc1. The summed E-state index contributed by atoms with van der Waals surface area (Å²) in [6.45, 7) is 0. The summed E-state index contributed by atoms with van der Waals surface area (Å²) in [7, 11) is 0. The van der Waals surface area contributed by atoms with Gasteiger partial charge in [0, 0.05) is 43.4 Å². The molecule has 2 nitrogen and oxygen atoms in total. The summed E-state index contributed by atoms with van der Waals surface area (Å²) in [4.78, 5) is 0. The molecule has 0 saturated heterocycles. The van der Waals surface area contributed by atoms with Crippen LogP contribution in [0.2, 0.25) is 0 Å². The molecule has 2 aromatic heterocycles. The van der Waals surface area contributed by atoms with E-state index in [9.17, 15) is 0 Å². The summed E-state index contributed by atoms with van der Waals surface area (Å²) < 4.78 is 5.04. The van der Waals surface area contributed by atoms with Gasteiger partial charge >= 0.3 is 0 Å². The molecular weight excluding hydrogens is 532 g/mol. The lowest BCUT2D eigenvalue weighted by Crippen LogP contribution is -1.97. The first-order valence-corrected chi connectivity index (χ1v) is 15.2. The lowest BCUT2D eigenvalue weighted by atomic mass is 9.98. The Morgan fingerprint density at radius 2 is 0.909 bits per heavy atom. The van der Waals surface area contributed by atoms with Crippen LogP contribution in [0.1, 0.15) is 0 Å². The fraction of sp³-hybridized carbons (Fsp3) is 0. The fourth-order valence-electron chi connectivity index (χ4n) is 7.69. The monoisotopic (exact) mass is 558 g/mol.